The summed E-state index contributed by atoms with van der Waals surface area (Å²) >= 11 is 6.25. The normalized spacial score (nSPS) is 17.9. The summed E-state index contributed by atoms with van der Waals surface area (Å²) in [5.74, 6) is 0.304. The number of anilines is 1. The van der Waals surface area contributed by atoms with Crippen LogP contribution in [0.1, 0.15) is 37.6 Å². The number of aldehydes is 1. The van der Waals surface area contributed by atoms with Gasteiger partial charge in [0.05, 0.1) is 10.7 Å². The number of nitrogens with zero attached hydrogens (tertiary/aromatic N) is 1. The molecule has 1 fully saturated rings. The lowest BCUT2D eigenvalue weighted by molar-refractivity contribution is 0.0520. The van der Waals surface area contributed by atoms with Gasteiger partial charge in [-0.3, -0.25) is 4.79 Å². The molecule has 1 aliphatic heterocycles. The summed E-state index contributed by atoms with van der Waals surface area (Å²) in [5, 5.41) is 3.39. The van der Waals surface area contributed by atoms with Crippen molar-refractivity contribution in [2.24, 2.45) is 5.92 Å². The maximum atomic E-state index is 11.7. The maximum absolute atomic E-state index is 11.7. The Morgan fingerprint density at radius 2 is 2.22 bits per heavy atom. The maximum Gasteiger partial charge on any atom is 0.407 e. The molecule has 1 unspecified atom stereocenters. The molecule has 0 radical (unpaired) electrons. The van der Waals surface area contributed by atoms with E-state index in [1.165, 1.54) is 0 Å². The van der Waals surface area contributed by atoms with Gasteiger partial charge in [0.15, 0.2) is 6.29 Å². The number of amides is 1. The highest BCUT2D eigenvalue weighted by molar-refractivity contribution is 6.33. The largest absolute Gasteiger partial charge is 0.444 e. The molecule has 1 atom stereocenters. The Labute approximate surface area is 141 Å². The van der Waals surface area contributed by atoms with Gasteiger partial charge in [-0.1, -0.05) is 17.7 Å². The molecular weight excluding hydrogens is 316 g/mol. The van der Waals surface area contributed by atoms with E-state index in [9.17, 15) is 9.59 Å². The SMILES string of the molecule is CC(C)(C)OC(=O)NCC1CCN(c2c(Cl)cccc2C=O)C1. The fourth-order valence-electron chi connectivity index (χ4n) is 2.70. The third-order valence-electron chi connectivity index (χ3n) is 3.68. The zero-order valence-electron chi connectivity index (χ0n) is 13.8. The Balaban J connectivity index is 1.92. The van der Waals surface area contributed by atoms with Crippen LogP contribution in [0.25, 0.3) is 0 Å². The average molecular weight is 339 g/mol. The number of hydrogen-bond donors (Lipinski definition) is 1. The molecular formula is C17H23ClN2O3. The lowest BCUT2D eigenvalue weighted by atomic mass is 10.1. The third-order valence-corrected chi connectivity index (χ3v) is 3.99. The van der Waals surface area contributed by atoms with Gasteiger partial charge in [-0.15, -0.1) is 0 Å². The summed E-state index contributed by atoms with van der Waals surface area (Å²) in [6.45, 7) is 7.62. The Hall–Kier alpha value is -1.75. The molecule has 0 saturated carbocycles. The second-order valence-electron chi connectivity index (χ2n) is 6.78. The zero-order valence-corrected chi connectivity index (χ0v) is 14.5. The van der Waals surface area contributed by atoms with E-state index in [4.69, 9.17) is 16.3 Å². The molecule has 1 aromatic rings. The van der Waals surface area contributed by atoms with Crippen LogP contribution in [0.3, 0.4) is 0 Å². The van der Waals surface area contributed by atoms with Gasteiger partial charge in [-0.25, -0.2) is 4.79 Å². The molecule has 0 bridgehead atoms. The first-order valence-electron chi connectivity index (χ1n) is 7.75. The topological polar surface area (TPSA) is 58.6 Å². The highest BCUT2D eigenvalue weighted by Crippen LogP contribution is 2.32. The number of ether oxygens (including phenoxy) is 1. The molecule has 0 spiro atoms. The van der Waals surface area contributed by atoms with Crippen molar-refractivity contribution in [2.45, 2.75) is 32.8 Å². The molecule has 1 aliphatic rings. The van der Waals surface area contributed by atoms with Gasteiger partial charge in [0.25, 0.3) is 0 Å². The molecule has 126 valence electrons. The molecule has 0 aliphatic carbocycles. The van der Waals surface area contributed by atoms with Gasteiger partial charge in [-0.05, 0) is 45.2 Å². The molecule has 2 rings (SSSR count). The van der Waals surface area contributed by atoms with Gasteiger partial charge < -0.3 is 15.0 Å². The highest BCUT2D eigenvalue weighted by Gasteiger charge is 2.26. The number of rotatable bonds is 4. The molecule has 6 heteroatoms. The van der Waals surface area contributed by atoms with Crippen LogP contribution in [0.5, 0.6) is 0 Å². The van der Waals surface area contributed by atoms with Crippen molar-refractivity contribution in [2.75, 3.05) is 24.5 Å². The average Bonchev–Trinajstić information content (AvgIpc) is 2.91. The molecule has 5 nitrogen and oxygen atoms in total. The second kappa shape index (κ2) is 7.21. The van der Waals surface area contributed by atoms with Crippen LogP contribution in [0.4, 0.5) is 10.5 Å². The first-order chi connectivity index (χ1) is 10.8. The minimum Gasteiger partial charge on any atom is -0.444 e. The van der Waals surface area contributed by atoms with E-state index >= 15 is 0 Å². The van der Waals surface area contributed by atoms with Gasteiger partial charge in [0.2, 0.25) is 0 Å². The monoisotopic (exact) mass is 338 g/mol. The quantitative estimate of drug-likeness (QED) is 0.853. The summed E-state index contributed by atoms with van der Waals surface area (Å²) in [4.78, 5) is 25.0. The van der Waals surface area contributed by atoms with Crippen molar-refractivity contribution < 1.29 is 14.3 Å². The van der Waals surface area contributed by atoms with Crippen LogP contribution in [0.2, 0.25) is 5.02 Å². The minimum absolute atomic E-state index is 0.304. The van der Waals surface area contributed by atoms with E-state index < -0.39 is 11.7 Å². The number of alkyl carbamates (subject to hydrolysis) is 1. The van der Waals surface area contributed by atoms with E-state index in [0.717, 1.165) is 31.5 Å². The standard InChI is InChI=1S/C17H23ClN2O3/c1-17(2,3)23-16(22)19-9-12-7-8-20(10-12)15-13(11-21)5-4-6-14(15)18/h4-6,11-12H,7-10H2,1-3H3,(H,19,22). The number of benzene rings is 1. The summed E-state index contributed by atoms with van der Waals surface area (Å²) in [5.41, 5.74) is 0.879. The van der Waals surface area contributed by atoms with Crippen molar-refractivity contribution in [1.29, 1.82) is 0 Å². The van der Waals surface area contributed by atoms with Crippen LogP contribution < -0.4 is 10.2 Å². The Morgan fingerprint density at radius 3 is 2.87 bits per heavy atom. The Morgan fingerprint density at radius 1 is 1.48 bits per heavy atom. The zero-order chi connectivity index (χ0) is 17.0. The van der Waals surface area contributed by atoms with Crippen molar-refractivity contribution in [3.63, 3.8) is 0 Å². The second-order valence-corrected chi connectivity index (χ2v) is 7.19. The molecule has 23 heavy (non-hydrogen) atoms. The predicted molar refractivity (Wildman–Crippen MR) is 91.4 cm³/mol. The smallest absolute Gasteiger partial charge is 0.407 e. The fourth-order valence-corrected chi connectivity index (χ4v) is 3.01. The molecule has 1 heterocycles. The van der Waals surface area contributed by atoms with Crippen LogP contribution in [0, 0.1) is 5.92 Å². The van der Waals surface area contributed by atoms with Crippen molar-refractivity contribution in [3.05, 3.63) is 28.8 Å². The third kappa shape index (κ3) is 4.86. The van der Waals surface area contributed by atoms with E-state index in [0.29, 0.717) is 23.0 Å². The van der Waals surface area contributed by atoms with E-state index in [1.807, 2.05) is 20.8 Å². The number of halogens is 1. The number of carbonyl (C=O) groups excluding carboxylic acids is 2. The van der Waals surface area contributed by atoms with Gasteiger partial charge in [-0.2, -0.15) is 0 Å². The van der Waals surface area contributed by atoms with Gasteiger partial charge in [0, 0.05) is 25.2 Å². The first-order valence-corrected chi connectivity index (χ1v) is 8.13. The van der Waals surface area contributed by atoms with Gasteiger partial charge >= 0.3 is 6.09 Å². The van der Waals surface area contributed by atoms with Crippen molar-refractivity contribution >= 4 is 29.7 Å². The number of hydrogen-bond acceptors (Lipinski definition) is 4. The van der Waals surface area contributed by atoms with Gasteiger partial charge in [0.1, 0.15) is 5.60 Å². The molecule has 1 amide bonds. The van der Waals surface area contributed by atoms with Crippen molar-refractivity contribution in [3.8, 4) is 0 Å². The lowest BCUT2D eigenvalue weighted by Gasteiger charge is -2.22. The predicted octanol–water partition coefficient (Wildman–Crippen LogP) is 3.50. The molecule has 1 saturated heterocycles. The molecule has 1 N–H and O–H groups in total. The van der Waals surface area contributed by atoms with Crippen LogP contribution in [0.15, 0.2) is 18.2 Å². The summed E-state index contributed by atoms with van der Waals surface area (Å²) in [6, 6.07) is 5.32. The minimum atomic E-state index is -0.498. The molecule has 0 aromatic heterocycles. The summed E-state index contributed by atoms with van der Waals surface area (Å²) in [7, 11) is 0. The Bertz CT molecular complexity index is 584. The molecule has 1 aromatic carbocycles. The van der Waals surface area contributed by atoms with Crippen LogP contribution in [-0.2, 0) is 4.74 Å². The van der Waals surface area contributed by atoms with E-state index in [2.05, 4.69) is 10.2 Å². The van der Waals surface area contributed by atoms with Crippen molar-refractivity contribution in [1.82, 2.24) is 5.32 Å². The number of nitrogens with one attached hydrogen (secondary N) is 1. The number of carbonyl (C=O) groups is 2. The van der Waals surface area contributed by atoms with E-state index in [-0.39, 0.29) is 0 Å². The Kier molecular flexibility index (Phi) is 5.52. The van der Waals surface area contributed by atoms with Crippen LogP contribution in [-0.4, -0.2) is 37.6 Å². The van der Waals surface area contributed by atoms with Crippen LogP contribution >= 0.6 is 11.6 Å². The fraction of sp³-hybridized carbons (Fsp3) is 0.529. The lowest BCUT2D eigenvalue weighted by Crippen LogP contribution is -2.36. The summed E-state index contributed by atoms with van der Waals surface area (Å²) < 4.78 is 5.23. The highest BCUT2D eigenvalue weighted by atomic mass is 35.5. The number of para-hydroxylation sites is 1. The first kappa shape index (κ1) is 17.6. The van der Waals surface area contributed by atoms with E-state index in [1.54, 1.807) is 18.2 Å². The summed E-state index contributed by atoms with van der Waals surface area (Å²) in [6.07, 6.45) is 1.36.